The van der Waals surface area contributed by atoms with E-state index in [0.29, 0.717) is 12.3 Å². The second kappa shape index (κ2) is 8.23. The summed E-state index contributed by atoms with van der Waals surface area (Å²) in [7, 11) is 0. The normalized spacial score (nSPS) is 16.3. The van der Waals surface area contributed by atoms with Gasteiger partial charge in [-0.25, -0.2) is 0 Å². The maximum atomic E-state index is 12.5. The summed E-state index contributed by atoms with van der Waals surface area (Å²) in [4.78, 5) is 16.8. The molecule has 0 spiro atoms. The molecule has 2 N–H and O–H groups in total. The van der Waals surface area contributed by atoms with Crippen molar-refractivity contribution in [2.45, 2.75) is 26.4 Å². The molecule has 5 heteroatoms. The van der Waals surface area contributed by atoms with Gasteiger partial charge in [0.2, 0.25) is 5.91 Å². The number of piperazine rings is 1. The van der Waals surface area contributed by atoms with Crippen LogP contribution in [0, 0.1) is 6.92 Å². The lowest BCUT2D eigenvalue weighted by atomic mass is 10.1. The molecule has 1 heterocycles. The van der Waals surface area contributed by atoms with Crippen molar-refractivity contribution in [3.63, 3.8) is 0 Å². The van der Waals surface area contributed by atoms with Crippen LogP contribution in [-0.4, -0.2) is 48.1 Å². The number of nitrogens with one attached hydrogen (secondary N) is 1. The number of para-hydroxylation sites is 2. The first-order valence-corrected chi connectivity index (χ1v) is 9.15. The van der Waals surface area contributed by atoms with Gasteiger partial charge in [0.05, 0.1) is 11.7 Å². The molecular weight excluding hydrogens is 326 g/mol. The van der Waals surface area contributed by atoms with Gasteiger partial charge in [-0.15, -0.1) is 0 Å². The van der Waals surface area contributed by atoms with Crippen molar-refractivity contribution in [3.05, 3.63) is 59.7 Å². The highest BCUT2D eigenvalue weighted by Crippen LogP contribution is 2.27. The molecular formula is C21H27N3O2. The van der Waals surface area contributed by atoms with E-state index in [-0.39, 0.29) is 11.9 Å². The van der Waals surface area contributed by atoms with Crippen molar-refractivity contribution in [1.29, 1.82) is 0 Å². The quantitative estimate of drug-likeness (QED) is 0.867. The lowest BCUT2D eigenvalue weighted by Gasteiger charge is -2.38. The second-order valence-corrected chi connectivity index (χ2v) is 6.89. The van der Waals surface area contributed by atoms with E-state index in [2.05, 4.69) is 34.2 Å². The Morgan fingerprint density at radius 3 is 2.38 bits per heavy atom. The molecule has 2 aromatic carbocycles. The first kappa shape index (κ1) is 18.3. The minimum Gasteiger partial charge on any atom is -0.506 e. The molecule has 0 bridgehead atoms. The van der Waals surface area contributed by atoms with E-state index in [9.17, 15) is 9.90 Å². The fraction of sp³-hybridized carbons (Fsp3) is 0.381. The lowest BCUT2D eigenvalue weighted by molar-refractivity contribution is -0.126. The van der Waals surface area contributed by atoms with Crippen molar-refractivity contribution < 1.29 is 9.90 Å². The Balaban J connectivity index is 1.49. The van der Waals surface area contributed by atoms with Crippen LogP contribution in [0.1, 0.15) is 18.1 Å². The van der Waals surface area contributed by atoms with Crippen LogP contribution in [0.25, 0.3) is 0 Å². The zero-order valence-electron chi connectivity index (χ0n) is 15.5. The average Bonchev–Trinajstić information content (AvgIpc) is 2.67. The minimum absolute atomic E-state index is 0.0570. The average molecular weight is 353 g/mol. The summed E-state index contributed by atoms with van der Waals surface area (Å²) in [5, 5.41) is 13.0. The summed E-state index contributed by atoms with van der Waals surface area (Å²) in [5.74, 6) is 0.367. The highest BCUT2D eigenvalue weighted by Gasteiger charge is 2.26. The van der Waals surface area contributed by atoms with Gasteiger partial charge >= 0.3 is 0 Å². The number of aryl methyl sites for hydroxylation is 1. The highest BCUT2D eigenvalue weighted by atomic mass is 16.3. The van der Waals surface area contributed by atoms with E-state index in [1.807, 2.05) is 37.3 Å². The van der Waals surface area contributed by atoms with Crippen molar-refractivity contribution in [3.8, 4) is 5.75 Å². The Hall–Kier alpha value is -2.53. The topological polar surface area (TPSA) is 55.8 Å². The van der Waals surface area contributed by atoms with Crippen molar-refractivity contribution >= 4 is 11.6 Å². The Bertz CT molecular complexity index is 737. The van der Waals surface area contributed by atoms with Crippen LogP contribution >= 0.6 is 0 Å². The van der Waals surface area contributed by atoms with Crippen LogP contribution in [0.15, 0.2) is 48.5 Å². The largest absolute Gasteiger partial charge is 0.506 e. The smallest absolute Gasteiger partial charge is 0.237 e. The van der Waals surface area contributed by atoms with Gasteiger partial charge in [-0.05, 0) is 31.5 Å². The zero-order chi connectivity index (χ0) is 18.5. The maximum absolute atomic E-state index is 12.5. The van der Waals surface area contributed by atoms with E-state index >= 15 is 0 Å². The maximum Gasteiger partial charge on any atom is 0.237 e. The fourth-order valence-corrected chi connectivity index (χ4v) is 3.29. The number of hydrogen-bond acceptors (Lipinski definition) is 4. The molecule has 2 aromatic rings. The molecule has 0 unspecified atom stereocenters. The van der Waals surface area contributed by atoms with Crippen LogP contribution in [0.3, 0.4) is 0 Å². The SMILES string of the molecule is Cc1ccc(CNC(=O)[C@H](C)N2CCN(c3ccccc3O)CC2)cc1. The number of nitrogens with zero attached hydrogens (tertiary/aromatic N) is 2. The van der Waals surface area contributed by atoms with Gasteiger partial charge in [0.25, 0.3) is 0 Å². The molecule has 1 amide bonds. The summed E-state index contributed by atoms with van der Waals surface area (Å²) in [6.45, 7) is 7.77. The van der Waals surface area contributed by atoms with Gasteiger partial charge in [0, 0.05) is 32.7 Å². The molecule has 0 radical (unpaired) electrons. The van der Waals surface area contributed by atoms with Crippen LogP contribution in [0.2, 0.25) is 0 Å². The van der Waals surface area contributed by atoms with Crippen LogP contribution in [-0.2, 0) is 11.3 Å². The van der Waals surface area contributed by atoms with Crippen LogP contribution < -0.4 is 10.2 Å². The first-order valence-electron chi connectivity index (χ1n) is 9.15. The minimum atomic E-state index is -0.160. The number of phenols is 1. The monoisotopic (exact) mass is 353 g/mol. The van der Waals surface area contributed by atoms with E-state index in [4.69, 9.17) is 0 Å². The number of phenolic OH excluding ortho intramolecular Hbond substituents is 1. The second-order valence-electron chi connectivity index (χ2n) is 6.89. The molecule has 0 saturated carbocycles. The summed E-state index contributed by atoms with van der Waals surface area (Å²) >= 11 is 0. The predicted octanol–water partition coefficient (Wildman–Crippen LogP) is 2.53. The van der Waals surface area contributed by atoms with E-state index in [0.717, 1.165) is 37.4 Å². The summed E-state index contributed by atoms with van der Waals surface area (Å²) in [6.07, 6.45) is 0. The fourth-order valence-electron chi connectivity index (χ4n) is 3.29. The van der Waals surface area contributed by atoms with E-state index < -0.39 is 0 Å². The summed E-state index contributed by atoms with van der Waals surface area (Å²) in [6, 6.07) is 15.5. The predicted molar refractivity (Wildman–Crippen MR) is 104 cm³/mol. The molecule has 26 heavy (non-hydrogen) atoms. The number of carbonyl (C=O) groups is 1. The standard InChI is InChI=1S/C21H27N3O2/c1-16-7-9-18(10-8-16)15-22-21(26)17(2)23-11-13-24(14-12-23)19-5-3-4-6-20(19)25/h3-10,17,25H,11-15H2,1-2H3,(H,22,26)/t17-/m0/s1. The number of anilines is 1. The molecule has 3 rings (SSSR count). The Morgan fingerprint density at radius 2 is 1.73 bits per heavy atom. The summed E-state index contributed by atoms with van der Waals surface area (Å²) < 4.78 is 0. The molecule has 1 aliphatic heterocycles. The van der Waals surface area contributed by atoms with Crippen molar-refractivity contribution in [2.75, 3.05) is 31.1 Å². The zero-order valence-corrected chi connectivity index (χ0v) is 15.5. The molecule has 5 nitrogen and oxygen atoms in total. The van der Waals surface area contributed by atoms with Crippen molar-refractivity contribution in [1.82, 2.24) is 10.2 Å². The van der Waals surface area contributed by atoms with Gasteiger partial charge in [-0.3, -0.25) is 9.69 Å². The number of carbonyl (C=O) groups excluding carboxylic acids is 1. The Labute approximate surface area is 155 Å². The molecule has 1 saturated heterocycles. The van der Waals surface area contributed by atoms with Gasteiger partial charge in [-0.1, -0.05) is 42.0 Å². The van der Waals surface area contributed by atoms with E-state index in [1.54, 1.807) is 6.07 Å². The highest BCUT2D eigenvalue weighted by molar-refractivity contribution is 5.81. The first-order chi connectivity index (χ1) is 12.5. The summed E-state index contributed by atoms with van der Waals surface area (Å²) in [5.41, 5.74) is 3.19. The third-order valence-corrected chi connectivity index (χ3v) is 5.05. The molecule has 138 valence electrons. The van der Waals surface area contributed by atoms with Crippen LogP contribution in [0.4, 0.5) is 5.69 Å². The van der Waals surface area contributed by atoms with Gasteiger partial charge in [0.15, 0.2) is 0 Å². The van der Waals surface area contributed by atoms with E-state index in [1.165, 1.54) is 5.56 Å². The Morgan fingerprint density at radius 1 is 1.08 bits per heavy atom. The third kappa shape index (κ3) is 4.35. The third-order valence-electron chi connectivity index (χ3n) is 5.05. The number of aromatic hydroxyl groups is 1. The molecule has 1 aliphatic rings. The number of benzene rings is 2. The number of rotatable bonds is 5. The lowest BCUT2D eigenvalue weighted by Crippen LogP contribution is -2.53. The van der Waals surface area contributed by atoms with Gasteiger partial charge < -0.3 is 15.3 Å². The molecule has 1 atom stereocenters. The molecule has 1 fully saturated rings. The van der Waals surface area contributed by atoms with Gasteiger partial charge in [-0.2, -0.15) is 0 Å². The Kier molecular flexibility index (Phi) is 5.78. The number of amides is 1. The van der Waals surface area contributed by atoms with Crippen molar-refractivity contribution in [2.24, 2.45) is 0 Å². The van der Waals surface area contributed by atoms with Gasteiger partial charge in [0.1, 0.15) is 5.75 Å². The molecule has 0 aromatic heterocycles. The van der Waals surface area contributed by atoms with Crippen LogP contribution in [0.5, 0.6) is 5.75 Å². The number of hydrogen-bond donors (Lipinski definition) is 2. The molecule has 0 aliphatic carbocycles.